The van der Waals surface area contributed by atoms with E-state index in [-0.39, 0.29) is 29.3 Å². The summed E-state index contributed by atoms with van der Waals surface area (Å²) in [5.74, 6) is 0.605. The molecule has 1 fully saturated rings. The Kier molecular flexibility index (Phi) is 5.74. The number of nitrogens with one attached hydrogen (secondary N) is 2. The zero-order valence-electron chi connectivity index (χ0n) is 18.8. The normalized spacial score (nSPS) is 20.0. The van der Waals surface area contributed by atoms with Gasteiger partial charge in [0.15, 0.2) is 0 Å². The van der Waals surface area contributed by atoms with E-state index in [0.29, 0.717) is 28.8 Å². The predicted molar refractivity (Wildman–Crippen MR) is 134 cm³/mol. The van der Waals surface area contributed by atoms with Crippen molar-refractivity contribution < 1.29 is 9.59 Å². The van der Waals surface area contributed by atoms with Gasteiger partial charge in [-0.3, -0.25) is 19.4 Å². The quantitative estimate of drug-likeness (QED) is 0.555. The van der Waals surface area contributed by atoms with Crippen LogP contribution in [0.15, 0.2) is 40.2 Å². The summed E-state index contributed by atoms with van der Waals surface area (Å²) in [6.45, 7) is 3.07. The number of halogens is 1. The smallest absolute Gasteiger partial charge is 0.270 e. The van der Waals surface area contributed by atoms with Crippen LogP contribution >= 0.6 is 23.4 Å². The zero-order chi connectivity index (χ0) is 24.1. The van der Waals surface area contributed by atoms with Crippen molar-refractivity contribution in [3.05, 3.63) is 57.1 Å². The first-order valence-corrected chi connectivity index (χ1v) is 13.0. The van der Waals surface area contributed by atoms with Crippen molar-refractivity contribution in [1.82, 2.24) is 24.8 Å². The summed E-state index contributed by atoms with van der Waals surface area (Å²) in [7, 11) is 0. The van der Waals surface area contributed by atoms with E-state index in [1.165, 1.54) is 11.8 Å². The number of carbonyl (C=O) groups is 2. The van der Waals surface area contributed by atoms with Crippen molar-refractivity contribution in [2.45, 2.75) is 36.2 Å². The molecular weight excluding hydrogens is 488 g/mol. The summed E-state index contributed by atoms with van der Waals surface area (Å²) in [5, 5.41) is 6.42. The van der Waals surface area contributed by atoms with Crippen molar-refractivity contribution >= 4 is 52.0 Å². The molecular formula is C24H23ClN6O3S. The summed E-state index contributed by atoms with van der Waals surface area (Å²) in [6.07, 6.45) is 3.32. The first-order valence-electron chi connectivity index (χ1n) is 11.6. The molecule has 3 aromatic heterocycles. The molecule has 180 valence electrons. The van der Waals surface area contributed by atoms with Crippen LogP contribution in [-0.2, 0) is 11.3 Å². The molecule has 9 nitrogen and oxygen atoms in total. The van der Waals surface area contributed by atoms with E-state index < -0.39 is 0 Å². The number of hydrogen-bond acceptors (Lipinski definition) is 7. The summed E-state index contributed by atoms with van der Waals surface area (Å²) >= 11 is 7.94. The molecule has 0 spiro atoms. The van der Waals surface area contributed by atoms with Gasteiger partial charge in [-0.2, -0.15) is 0 Å². The van der Waals surface area contributed by atoms with Gasteiger partial charge in [0.05, 0.1) is 26.7 Å². The number of fused-ring (bicyclic) bond motifs is 1. The molecule has 3 aromatic rings. The SMILES string of the molecule is O=C1CSc2ccc(C(=O)NC3CCN(CC4Cn5c(=O)ccc6ncc(Cl)c4c65)CC3)nc2N1. The molecule has 0 aromatic carbocycles. The van der Waals surface area contributed by atoms with Crippen molar-refractivity contribution in [3.63, 3.8) is 0 Å². The number of amides is 2. The Morgan fingerprint density at radius 1 is 1.20 bits per heavy atom. The highest BCUT2D eigenvalue weighted by atomic mass is 35.5. The van der Waals surface area contributed by atoms with Crippen LogP contribution in [0, 0.1) is 0 Å². The third kappa shape index (κ3) is 4.19. The number of pyridine rings is 3. The molecule has 1 unspecified atom stereocenters. The van der Waals surface area contributed by atoms with Crippen LogP contribution in [0.25, 0.3) is 11.0 Å². The fourth-order valence-electron chi connectivity index (χ4n) is 5.22. The number of rotatable bonds is 4. The lowest BCUT2D eigenvalue weighted by Gasteiger charge is -2.34. The standard InChI is InChI=1S/C24H23ClN6O3S/c25-15-9-26-16-2-4-20(33)31-11-13(21(15)22(16)31)10-30-7-5-14(6-8-30)27-24(34)17-1-3-18-23(28-17)29-19(32)12-35-18/h1-4,9,13-14H,5-8,10-12H2,(H,27,34)(H,28,29,32). The van der Waals surface area contributed by atoms with Gasteiger partial charge in [0, 0.05) is 56.0 Å². The second-order valence-corrected chi connectivity index (χ2v) is 10.6. The van der Waals surface area contributed by atoms with Gasteiger partial charge in [-0.25, -0.2) is 4.98 Å². The van der Waals surface area contributed by atoms with Crippen molar-refractivity contribution in [2.75, 3.05) is 30.7 Å². The molecule has 0 bridgehead atoms. The lowest BCUT2D eigenvalue weighted by atomic mass is 9.98. The topological polar surface area (TPSA) is 109 Å². The fraction of sp³-hybridized carbons (Fsp3) is 0.375. The molecule has 1 atom stereocenters. The molecule has 3 aliphatic rings. The molecule has 2 amide bonds. The number of hydrogen-bond donors (Lipinski definition) is 2. The van der Waals surface area contributed by atoms with E-state index in [1.807, 2.05) is 6.07 Å². The summed E-state index contributed by atoms with van der Waals surface area (Å²) in [4.78, 5) is 48.8. The first kappa shape index (κ1) is 22.5. The van der Waals surface area contributed by atoms with Crippen LogP contribution in [-0.4, -0.2) is 62.7 Å². The monoisotopic (exact) mass is 510 g/mol. The molecule has 1 saturated heterocycles. The minimum absolute atomic E-state index is 0.0271. The predicted octanol–water partition coefficient (Wildman–Crippen LogP) is 2.48. The second-order valence-electron chi connectivity index (χ2n) is 9.16. The van der Waals surface area contributed by atoms with E-state index in [4.69, 9.17) is 11.6 Å². The maximum atomic E-state index is 12.8. The molecule has 11 heteroatoms. The van der Waals surface area contributed by atoms with Gasteiger partial charge in [-0.05, 0) is 31.0 Å². The first-order chi connectivity index (χ1) is 17.0. The summed E-state index contributed by atoms with van der Waals surface area (Å²) in [6, 6.07) is 6.91. The lowest BCUT2D eigenvalue weighted by molar-refractivity contribution is -0.113. The maximum absolute atomic E-state index is 12.8. The van der Waals surface area contributed by atoms with Gasteiger partial charge in [0.1, 0.15) is 11.5 Å². The molecule has 0 saturated carbocycles. The summed E-state index contributed by atoms with van der Waals surface area (Å²) < 4.78 is 1.79. The van der Waals surface area contributed by atoms with Gasteiger partial charge in [0.25, 0.3) is 11.5 Å². The molecule has 3 aliphatic heterocycles. The minimum atomic E-state index is -0.229. The number of piperidine rings is 1. The molecule has 0 aliphatic carbocycles. The van der Waals surface area contributed by atoms with E-state index in [9.17, 15) is 14.4 Å². The molecule has 2 N–H and O–H groups in total. The van der Waals surface area contributed by atoms with Crippen LogP contribution in [0.5, 0.6) is 0 Å². The van der Waals surface area contributed by atoms with Crippen LogP contribution in [0.4, 0.5) is 5.82 Å². The van der Waals surface area contributed by atoms with Gasteiger partial charge in [-0.1, -0.05) is 11.6 Å². The van der Waals surface area contributed by atoms with Crippen LogP contribution in [0.2, 0.25) is 5.02 Å². The van der Waals surface area contributed by atoms with E-state index in [1.54, 1.807) is 29.0 Å². The highest BCUT2D eigenvalue weighted by molar-refractivity contribution is 8.00. The number of thioether (sulfide) groups is 1. The fourth-order valence-corrected chi connectivity index (χ4v) is 6.26. The Balaban J connectivity index is 1.08. The average molecular weight is 511 g/mol. The Hall–Kier alpha value is -2.95. The number of carbonyl (C=O) groups excluding carboxylic acids is 2. The minimum Gasteiger partial charge on any atom is -0.348 e. The Morgan fingerprint density at radius 3 is 2.86 bits per heavy atom. The number of aromatic nitrogens is 3. The molecule has 6 rings (SSSR count). The summed E-state index contributed by atoms with van der Waals surface area (Å²) in [5.41, 5.74) is 2.93. The zero-order valence-corrected chi connectivity index (χ0v) is 20.4. The number of likely N-dealkylation sites (tertiary alicyclic amines) is 1. The lowest BCUT2D eigenvalue weighted by Crippen LogP contribution is -2.45. The molecule has 6 heterocycles. The third-order valence-corrected chi connectivity index (χ3v) is 8.26. The largest absolute Gasteiger partial charge is 0.348 e. The van der Waals surface area contributed by atoms with Gasteiger partial charge < -0.3 is 20.1 Å². The molecule has 35 heavy (non-hydrogen) atoms. The molecule has 0 radical (unpaired) electrons. The number of anilines is 1. The highest BCUT2D eigenvalue weighted by Crippen LogP contribution is 2.37. The van der Waals surface area contributed by atoms with Crippen LogP contribution in [0.1, 0.15) is 34.8 Å². The van der Waals surface area contributed by atoms with Crippen molar-refractivity contribution in [3.8, 4) is 0 Å². The van der Waals surface area contributed by atoms with Gasteiger partial charge >= 0.3 is 0 Å². The van der Waals surface area contributed by atoms with E-state index >= 15 is 0 Å². The van der Waals surface area contributed by atoms with E-state index in [2.05, 4.69) is 25.5 Å². The number of nitrogens with zero attached hydrogens (tertiary/aromatic N) is 4. The van der Waals surface area contributed by atoms with Crippen LogP contribution in [0.3, 0.4) is 0 Å². The van der Waals surface area contributed by atoms with Gasteiger partial charge in [0.2, 0.25) is 5.91 Å². The van der Waals surface area contributed by atoms with Gasteiger partial charge in [-0.15, -0.1) is 11.8 Å². The van der Waals surface area contributed by atoms with Crippen LogP contribution < -0.4 is 16.2 Å². The third-order valence-electron chi connectivity index (χ3n) is 6.91. The Labute approximate surface area is 210 Å². The average Bonchev–Trinajstić information content (AvgIpc) is 3.24. The van der Waals surface area contributed by atoms with Crippen molar-refractivity contribution in [1.29, 1.82) is 0 Å². The maximum Gasteiger partial charge on any atom is 0.270 e. The Bertz CT molecular complexity index is 1420. The highest BCUT2D eigenvalue weighted by Gasteiger charge is 2.31. The van der Waals surface area contributed by atoms with E-state index in [0.717, 1.165) is 54.0 Å². The second kappa shape index (κ2) is 8.92. The van der Waals surface area contributed by atoms with Crippen molar-refractivity contribution in [2.24, 2.45) is 0 Å². The Morgan fingerprint density at radius 2 is 2.03 bits per heavy atom.